The zero-order valence-corrected chi connectivity index (χ0v) is 11.5. The first-order valence-electron chi connectivity index (χ1n) is 7.07. The maximum Gasteiger partial charge on any atom is 0.305 e. The van der Waals surface area contributed by atoms with Gasteiger partial charge in [-0.05, 0) is 38.0 Å². The molecule has 1 aliphatic carbocycles. The maximum absolute atomic E-state index is 11.5. The zero-order chi connectivity index (χ0) is 13.4. The van der Waals surface area contributed by atoms with E-state index in [0.717, 1.165) is 38.5 Å². The number of carbonyl (C=O) groups is 1. The Kier molecular flexibility index (Phi) is 6.41. The Morgan fingerprint density at radius 1 is 1.50 bits per heavy atom. The number of unbranched alkanes of at least 4 members (excludes halogenated alkanes) is 2. The lowest BCUT2D eigenvalue weighted by molar-refractivity contribution is -0.157. The van der Waals surface area contributed by atoms with Gasteiger partial charge < -0.3 is 9.84 Å². The highest BCUT2D eigenvalue weighted by Gasteiger charge is 2.37. The van der Waals surface area contributed by atoms with Crippen LogP contribution in [0.4, 0.5) is 0 Å². The lowest BCUT2D eigenvalue weighted by Gasteiger charge is -2.37. The molecule has 1 fully saturated rings. The Hall–Kier alpha value is -0.830. The number of ether oxygens (including phenoxy) is 1. The summed E-state index contributed by atoms with van der Waals surface area (Å²) in [4.78, 5) is 11.5. The molecule has 0 radical (unpaired) electrons. The SMILES string of the molecule is C=CCCCCC(=O)OCC1(O)CCCCC1C. The van der Waals surface area contributed by atoms with Crippen LogP contribution in [-0.4, -0.2) is 23.3 Å². The molecule has 0 saturated heterocycles. The van der Waals surface area contributed by atoms with Crippen molar-refractivity contribution in [3.8, 4) is 0 Å². The first kappa shape index (κ1) is 15.2. The van der Waals surface area contributed by atoms with Gasteiger partial charge in [0.05, 0.1) is 0 Å². The number of carbonyl (C=O) groups excluding carboxylic acids is 1. The Bertz CT molecular complexity index is 275. The van der Waals surface area contributed by atoms with Crippen LogP contribution < -0.4 is 0 Å². The molecule has 3 heteroatoms. The largest absolute Gasteiger partial charge is 0.463 e. The van der Waals surface area contributed by atoms with Crippen molar-refractivity contribution in [1.82, 2.24) is 0 Å². The minimum absolute atomic E-state index is 0.161. The van der Waals surface area contributed by atoms with E-state index in [9.17, 15) is 9.90 Å². The van der Waals surface area contributed by atoms with Gasteiger partial charge in [0.25, 0.3) is 0 Å². The van der Waals surface area contributed by atoms with Gasteiger partial charge in [0.15, 0.2) is 0 Å². The van der Waals surface area contributed by atoms with E-state index in [1.165, 1.54) is 6.42 Å². The summed E-state index contributed by atoms with van der Waals surface area (Å²) in [6, 6.07) is 0. The molecule has 0 bridgehead atoms. The van der Waals surface area contributed by atoms with Gasteiger partial charge in [0, 0.05) is 6.42 Å². The van der Waals surface area contributed by atoms with Gasteiger partial charge in [0.2, 0.25) is 0 Å². The molecule has 0 heterocycles. The Morgan fingerprint density at radius 2 is 2.28 bits per heavy atom. The summed E-state index contributed by atoms with van der Waals surface area (Å²) in [5.74, 6) is 0.0325. The monoisotopic (exact) mass is 254 g/mol. The molecule has 0 aromatic rings. The molecule has 104 valence electrons. The summed E-state index contributed by atoms with van der Waals surface area (Å²) in [6.45, 7) is 5.84. The standard InChI is InChI=1S/C15H26O3/c1-3-4-5-6-10-14(16)18-12-15(17)11-8-7-9-13(15)2/h3,13,17H,1,4-12H2,2H3. The molecule has 0 aliphatic heterocycles. The minimum Gasteiger partial charge on any atom is -0.463 e. The Balaban J connectivity index is 2.22. The van der Waals surface area contributed by atoms with Crippen LogP contribution in [0.3, 0.4) is 0 Å². The first-order chi connectivity index (χ1) is 8.58. The van der Waals surface area contributed by atoms with E-state index in [1.54, 1.807) is 0 Å². The third-order valence-electron chi connectivity index (χ3n) is 3.94. The van der Waals surface area contributed by atoms with Crippen molar-refractivity contribution in [2.24, 2.45) is 5.92 Å². The summed E-state index contributed by atoms with van der Waals surface area (Å²) < 4.78 is 5.22. The third kappa shape index (κ3) is 4.81. The predicted octanol–water partition coefficient (Wildman–Crippen LogP) is 3.22. The fourth-order valence-electron chi connectivity index (χ4n) is 2.45. The summed E-state index contributed by atoms with van der Waals surface area (Å²) in [7, 11) is 0. The van der Waals surface area contributed by atoms with Crippen LogP contribution in [0.15, 0.2) is 12.7 Å². The maximum atomic E-state index is 11.5. The Morgan fingerprint density at radius 3 is 2.94 bits per heavy atom. The van der Waals surface area contributed by atoms with E-state index in [2.05, 4.69) is 6.58 Å². The van der Waals surface area contributed by atoms with E-state index in [-0.39, 0.29) is 18.5 Å². The molecule has 0 aromatic heterocycles. The lowest BCUT2D eigenvalue weighted by Crippen LogP contribution is -2.44. The average molecular weight is 254 g/mol. The molecule has 1 aliphatic rings. The molecular formula is C15H26O3. The number of allylic oxidation sites excluding steroid dienone is 1. The van der Waals surface area contributed by atoms with Crippen molar-refractivity contribution in [2.45, 2.75) is 63.9 Å². The second-order valence-electron chi connectivity index (χ2n) is 5.45. The van der Waals surface area contributed by atoms with Crippen molar-refractivity contribution < 1.29 is 14.6 Å². The van der Waals surface area contributed by atoms with E-state index < -0.39 is 5.60 Å². The smallest absolute Gasteiger partial charge is 0.305 e. The van der Waals surface area contributed by atoms with Gasteiger partial charge in [-0.25, -0.2) is 0 Å². The summed E-state index contributed by atoms with van der Waals surface area (Å²) >= 11 is 0. The van der Waals surface area contributed by atoms with Crippen molar-refractivity contribution in [1.29, 1.82) is 0 Å². The quantitative estimate of drug-likeness (QED) is 0.431. The Labute approximate surface area is 110 Å². The second-order valence-corrected chi connectivity index (χ2v) is 5.45. The summed E-state index contributed by atoms with van der Waals surface area (Å²) in [6.07, 6.45) is 9.00. The fourth-order valence-corrected chi connectivity index (χ4v) is 2.45. The molecule has 1 N–H and O–H groups in total. The number of hydrogen-bond acceptors (Lipinski definition) is 3. The first-order valence-corrected chi connectivity index (χ1v) is 7.07. The normalized spacial score (nSPS) is 27.8. The minimum atomic E-state index is -0.797. The van der Waals surface area contributed by atoms with Crippen molar-refractivity contribution in [2.75, 3.05) is 6.61 Å². The molecule has 2 unspecified atom stereocenters. The third-order valence-corrected chi connectivity index (χ3v) is 3.94. The van der Waals surface area contributed by atoms with Crippen molar-refractivity contribution in [3.05, 3.63) is 12.7 Å². The zero-order valence-electron chi connectivity index (χ0n) is 11.5. The predicted molar refractivity (Wildman–Crippen MR) is 72.2 cm³/mol. The number of hydrogen-bond donors (Lipinski definition) is 1. The number of aliphatic hydroxyl groups is 1. The van der Waals surface area contributed by atoms with Crippen LogP contribution in [-0.2, 0) is 9.53 Å². The molecular weight excluding hydrogens is 228 g/mol. The highest BCUT2D eigenvalue weighted by atomic mass is 16.5. The van der Waals surface area contributed by atoms with Crippen LogP contribution in [0.1, 0.15) is 58.3 Å². The molecule has 3 nitrogen and oxygen atoms in total. The van der Waals surface area contributed by atoms with Crippen LogP contribution in [0, 0.1) is 5.92 Å². The van der Waals surface area contributed by atoms with E-state index in [1.807, 2.05) is 13.0 Å². The summed E-state index contributed by atoms with van der Waals surface area (Å²) in [5.41, 5.74) is -0.797. The molecule has 0 aromatic carbocycles. The van der Waals surface area contributed by atoms with Crippen molar-refractivity contribution >= 4 is 5.97 Å². The fraction of sp³-hybridized carbons (Fsp3) is 0.800. The molecule has 1 saturated carbocycles. The van der Waals surface area contributed by atoms with Gasteiger partial charge in [-0.2, -0.15) is 0 Å². The van der Waals surface area contributed by atoms with E-state index in [0.29, 0.717) is 6.42 Å². The van der Waals surface area contributed by atoms with Crippen LogP contribution in [0.2, 0.25) is 0 Å². The molecule has 18 heavy (non-hydrogen) atoms. The molecule has 1 rings (SSSR count). The van der Waals surface area contributed by atoms with Crippen LogP contribution >= 0.6 is 0 Å². The molecule has 0 spiro atoms. The highest BCUT2D eigenvalue weighted by Crippen LogP contribution is 2.33. The van der Waals surface area contributed by atoms with E-state index in [4.69, 9.17) is 4.74 Å². The van der Waals surface area contributed by atoms with Gasteiger partial charge >= 0.3 is 5.97 Å². The topological polar surface area (TPSA) is 46.5 Å². The summed E-state index contributed by atoms with van der Waals surface area (Å²) in [5, 5.41) is 10.4. The van der Waals surface area contributed by atoms with Crippen LogP contribution in [0.25, 0.3) is 0 Å². The van der Waals surface area contributed by atoms with Gasteiger partial charge in [-0.15, -0.1) is 6.58 Å². The second kappa shape index (κ2) is 7.57. The van der Waals surface area contributed by atoms with Crippen LogP contribution in [0.5, 0.6) is 0 Å². The van der Waals surface area contributed by atoms with E-state index >= 15 is 0 Å². The van der Waals surface area contributed by atoms with Gasteiger partial charge in [-0.3, -0.25) is 4.79 Å². The molecule has 0 amide bonds. The number of esters is 1. The van der Waals surface area contributed by atoms with Gasteiger partial charge in [-0.1, -0.05) is 25.8 Å². The highest BCUT2D eigenvalue weighted by molar-refractivity contribution is 5.69. The number of rotatable bonds is 7. The van der Waals surface area contributed by atoms with Crippen molar-refractivity contribution in [3.63, 3.8) is 0 Å². The lowest BCUT2D eigenvalue weighted by atomic mass is 9.77. The molecule has 2 atom stereocenters. The average Bonchev–Trinajstić information content (AvgIpc) is 2.36. The van der Waals surface area contributed by atoms with Gasteiger partial charge in [0.1, 0.15) is 12.2 Å².